The Kier molecular flexibility index (Phi) is 5.96. The third kappa shape index (κ3) is 3.92. The molecular formula is C20H20Cl2O4S. The number of methoxy groups -OCH3 is 1. The Morgan fingerprint density at radius 2 is 1.74 bits per heavy atom. The molecule has 3 rings (SSSR count). The summed E-state index contributed by atoms with van der Waals surface area (Å²) in [5, 5.41) is 12.0. The average Bonchev–Trinajstić information content (AvgIpc) is 3.22. The number of carbonyl (C=O) groups excluding carboxylic acids is 2. The fourth-order valence-corrected chi connectivity index (χ4v) is 5.33. The van der Waals surface area contributed by atoms with Gasteiger partial charge in [-0.25, -0.2) is 4.79 Å². The lowest BCUT2D eigenvalue weighted by atomic mass is 9.85. The number of ketones is 1. The van der Waals surface area contributed by atoms with Gasteiger partial charge in [-0.05, 0) is 60.6 Å². The topological polar surface area (TPSA) is 63.6 Å². The van der Waals surface area contributed by atoms with Crippen molar-refractivity contribution in [2.45, 2.75) is 44.6 Å². The number of fused-ring (bicyclic) bond motifs is 1. The molecule has 0 saturated heterocycles. The number of carbonyl (C=O) groups is 2. The van der Waals surface area contributed by atoms with Crippen LogP contribution in [0.2, 0.25) is 10.0 Å². The largest absolute Gasteiger partial charge is 0.465 e. The van der Waals surface area contributed by atoms with E-state index in [-0.39, 0.29) is 12.2 Å². The minimum Gasteiger partial charge on any atom is -0.465 e. The molecule has 1 aliphatic carbocycles. The summed E-state index contributed by atoms with van der Waals surface area (Å²) in [6, 6.07) is 4.84. The van der Waals surface area contributed by atoms with Crippen molar-refractivity contribution in [3.05, 3.63) is 54.7 Å². The van der Waals surface area contributed by atoms with Gasteiger partial charge in [-0.15, -0.1) is 11.3 Å². The molecule has 0 bridgehead atoms. The van der Waals surface area contributed by atoms with Crippen molar-refractivity contribution in [2.24, 2.45) is 0 Å². The molecule has 4 nitrogen and oxygen atoms in total. The average molecular weight is 427 g/mol. The van der Waals surface area contributed by atoms with Gasteiger partial charge >= 0.3 is 5.97 Å². The van der Waals surface area contributed by atoms with Crippen LogP contribution in [-0.4, -0.2) is 24.0 Å². The van der Waals surface area contributed by atoms with Crippen molar-refractivity contribution in [1.82, 2.24) is 0 Å². The Hall–Kier alpha value is -1.40. The van der Waals surface area contributed by atoms with E-state index in [0.29, 0.717) is 31.8 Å². The highest BCUT2D eigenvalue weighted by molar-refractivity contribution is 7.16. The number of aliphatic hydroxyl groups is 1. The van der Waals surface area contributed by atoms with E-state index >= 15 is 0 Å². The fraction of sp³-hybridized carbons (Fsp3) is 0.400. The minimum atomic E-state index is -1.38. The SMILES string of the molecule is CCC(O)(CC(=O)c1sc(C(=O)OC)c2c1CCC2)c1cc(Cl)cc(Cl)c1. The van der Waals surface area contributed by atoms with Crippen LogP contribution >= 0.6 is 34.5 Å². The molecular weight excluding hydrogens is 407 g/mol. The molecule has 1 aromatic carbocycles. The molecule has 0 aliphatic heterocycles. The number of ether oxygens (including phenoxy) is 1. The predicted octanol–water partition coefficient (Wildman–Crippen LogP) is 5.20. The van der Waals surface area contributed by atoms with E-state index in [1.165, 1.54) is 18.4 Å². The molecule has 0 radical (unpaired) electrons. The van der Waals surface area contributed by atoms with Crippen LogP contribution in [-0.2, 0) is 23.2 Å². The first-order valence-corrected chi connectivity index (χ1v) is 10.3. The highest BCUT2D eigenvalue weighted by atomic mass is 35.5. The summed E-state index contributed by atoms with van der Waals surface area (Å²) in [4.78, 5) is 26.2. The van der Waals surface area contributed by atoms with Gasteiger partial charge < -0.3 is 9.84 Å². The van der Waals surface area contributed by atoms with Crippen LogP contribution in [0.1, 0.15) is 62.2 Å². The van der Waals surface area contributed by atoms with E-state index in [1.807, 2.05) is 0 Å². The van der Waals surface area contributed by atoms with E-state index in [0.717, 1.165) is 30.4 Å². The Labute approximate surface area is 172 Å². The second-order valence-corrected chi connectivity index (χ2v) is 8.60. The molecule has 2 aromatic rings. The highest BCUT2D eigenvalue weighted by Crippen LogP contribution is 2.39. The smallest absolute Gasteiger partial charge is 0.348 e. The van der Waals surface area contributed by atoms with Crippen LogP contribution in [0.15, 0.2) is 18.2 Å². The van der Waals surface area contributed by atoms with Crippen LogP contribution in [0.3, 0.4) is 0 Å². The Morgan fingerprint density at radius 3 is 2.30 bits per heavy atom. The van der Waals surface area contributed by atoms with Crippen molar-refractivity contribution < 1.29 is 19.4 Å². The van der Waals surface area contributed by atoms with Crippen LogP contribution in [0.25, 0.3) is 0 Å². The van der Waals surface area contributed by atoms with Gasteiger partial charge in [0.25, 0.3) is 0 Å². The van der Waals surface area contributed by atoms with Gasteiger partial charge in [0, 0.05) is 16.5 Å². The van der Waals surface area contributed by atoms with E-state index < -0.39 is 11.6 Å². The molecule has 1 unspecified atom stereocenters. The second-order valence-electron chi connectivity index (χ2n) is 6.71. The van der Waals surface area contributed by atoms with Gasteiger partial charge in [0.1, 0.15) is 4.88 Å². The number of hydrogen-bond donors (Lipinski definition) is 1. The molecule has 1 N–H and O–H groups in total. The molecule has 0 spiro atoms. The minimum absolute atomic E-state index is 0.103. The van der Waals surface area contributed by atoms with Gasteiger partial charge in [0.2, 0.25) is 0 Å². The monoisotopic (exact) mass is 426 g/mol. The number of esters is 1. The summed E-state index contributed by atoms with van der Waals surface area (Å²) in [5.41, 5.74) is 0.971. The molecule has 27 heavy (non-hydrogen) atoms. The molecule has 1 aromatic heterocycles. The summed E-state index contributed by atoms with van der Waals surface area (Å²) in [7, 11) is 1.34. The summed E-state index contributed by atoms with van der Waals surface area (Å²) in [5.74, 6) is -0.599. The third-order valence-electron chi connectivity index (χ3n) is 5.03. The molecule has 1 atom stereocenters. The number of benzene rings is 1. The van der Waals surface area contributed by atoms with Gasteiger partial charge in [0.05, 0.1) is 17.6 Å². The lowest BCUT2D eigenvalue weighted by Gasteiger charge is -2.27. The van der Waals surface area contributed by atoms with Crippen molar-refractivity contribution in [3.63, 3.8) is 0 Å². The fourth-order valence-electron chi connectivity index (χ4n) is 3.55. The quantitative estimate of drug-likeness (QED) is 0.509. The summed E-state index contributed by atoms with van der Waals surface area (Å²) in [6.07, 6.45) is 2.66. The Morgan fingerprint density at radius 1 is 1.15 bits per heavy atom. The van der Waals surface area contributed by atoms with Crippen molar-refractivity contribution in [3.8, 4) is 0 Å². The zero-order valence-electron chi connectivity index (χ0n) is 15.1. The summed E-state index contributed by atoms with van der Waals surface area (Å²) >= 11 is 13.3. The normalized spacial score (nSPS) is 15.3. The van der Waals surface area contributed by atoms with E-state index in [1.54, 1.807) is 25.1 Å². The van der Waals surface area contributed by atoms with Crippen molar-refractivity contribution in [1.29, 1.82) is 0 Å². The maximum absolute atomic E-state index is 13.1. The van der Waals surface area contributed by atoms with Crippen molar-refractivity contribution in [2.75, 3.05) is 7.11 Å². The van der Waals surface area contributed by atoms with E-state index in [2.05, 4.69) is 0 Å². The molecule has 0 fully saturated rings. The van der Waals surface area contributed by atoms with Crippen LogP contribution < -0.4 is 0 Å². The van der Waals surface area contributed by atoms with Gasteiger partial charge in [-0.3, -0.25) is 4.79 Å². The first kappa shape index (κ1) is 20.3. The molecule has 0 amide bonds. The van der Waals surface area contributed by atoms with Crippen LogP contribution in [0.5, 0.6) is 0 Å². The van der Waals surface area contributed by atoms with Gasteiger partial charge in [0.15, 0.2) is 5.78 Å². The zero-order chi connectivity index (χ0) is 19.8. The first-order valence-electron chi connectivity index (χ1n) is 8.74. The zero-order valence-corrected chi connectivity index (χ0v) is 17.4. The molecule has 0 saturated carbocycles. The second kappa shape index (κ2) is 7.92. The predicted molar refractivity (Wildman–Crippen MR) is 107 cm³/mol. The van der Waals surface area contributed by atoms with E-state index in [4.69, 9.17) is 27.9 Å². The molecule has 1 heterocycles. The summed E-state index contributed by atoms with van der Waals surface area (Å²) in [6.45, 7) is 1.81. The number of thiophene rings is 1. The lowest BCUT2D eigenvalue weighted by Crippen LogP contribution is -2.28. The lowest BCUT2D eigenvalue weighted by molar-refractivity contribution is 0.0242. The van der Waals surface area contributed by atoms with Crippen LogP contribution in [0.4, 0.5) is 0 Å². The number of rotatable bonds is 6. The number of halogens is 2. The first-order chi connectivity index (χ1) is 12.8. The third-order valence-corrected chi connectivity index (χ3v) is 6.76. The standard InChI is InChI=1S/C20H20Cl2O4S/c1-3-20(25,11-7-12(21)9-13(22)8-11)10-16(23)17-14-5-4-6-15(14)18(27-17)19(24)26-2/h7-9,25H,3-6,10H2,1-2H3. The molecule has 1 aliphatic rings. The van der Waals surface area contributed by atoms with Crippen LogP contribution in [0, 0.1) is 0 Å². The Balaban J connectivity index is 1.95. The van der Waals surface area contributed by atoms with Gasteiger partial charge in [-0.1, -0.05) is 30.1 Å². The summed E-state index contributed by atoms with van der Waals surface area (Å²) < 4.78 is 4.85. The van der Waals surface area contributed by atoms with Crippen molar-refractivity contribution >= 4 is 46.3 Å². The maximum Gasteiger partial charge on any atom is 0.348 e. The van der Waals surface area contributed by atoms with Gasteiger partial charge in [-0.2, -0.15) is 0 Å². The molecule has 7 heteroatoms. The number of hydrogen-bond acceptors (Lipinski definition) is 5. The Bertz CT molecular complexity index is 885. The highest BCUT2D eigenvalue weighted by Gasteiger charge is 2.35. The maximum atomic E-state index is 13.1. The number of Topliss-reactive ketones (excluding diaryl/α,β-unsaturated/α-hetero) is 1. The van der Waals surface area contributed by atoms with E-state index in [9.17, 15) is 14.7 Å². The molecule has 144 valence electrons.